The Bertz CT molecular complexity index is 1540. The molecular weight excluding hydrogens is 473 g/mol. The van der Waals surface area contributed by atoms with Crippen LogP contribution in [0.25, 0.3) is 22.3 Å². The largest absolute Gasteiger partial charge is 0.474 e. The molecule has 0 atom stereocenters. The van der Waals surface area contributed by atoms with Crippen LogP contribution in [0.2, 0.25) is 0 Å². The number of benzene rings is 2. The average molecular weight is 498 g/mol. The van der Waals surface area contributed by atoms with Gasteiger partial charge in [0.05, 0.1) is 36.0 Å². The standard InChI is InChI=1S/C28H24FN5O3/c1-36-13-14-37-28-24(11-6-12-30-28)33-27(35)22-16-25(20-8-3-2-4-9-20)32-26-23(22)17-31-34(26)18-19-7-5-10-21(29)15-19/h2-12,15-17H,13-14,18H2,1H3,(H,33,35). The van der Waals surface area contributed by atoms with Crippen LogP contribution in [-0.2, 0) is 11.3 Å². The van der Waals surface area contributed by atoms with Gasteiger partial charge in [-0.3, -0.25) is 4.79 Å². The van der Waals surface area contributed by atoms with Crippen LogP contribution in [0.1, 0.15) is 15.9 Å². The molecule has 0 aliphatic heterocycles. The van der Waals surface area contributed by atoms with Gasteiger partial charge in [-0.15, -0.1) is 0 Å². The predicted octanol–water partition coefficient (Wildman–Crippen LogP) is 4.96. The molecule has 0 bridgehead atoms. The number of carbonyl (C=O) groups excluding carboxylic acids is 1. The zero-order chi connectivity index (χ0) is 25.6. The van der Waals surface area contributed by atoms with E-state index >= 15 is 0 Å². The lowest BCUT2D eigenvalue weighted by atomic mass is 10.1. The molecule has 1 amide bonds. The SMILES string of the molecule is COCCOc1ncccc1NC(=O)c1cc(-c2ccccc2)nc2c1cnn2Cc1cccc(F)c1. The number of fused-ring (bicyclic) bond motifs is 1. The number of nitrogens with one attached hydrogen (secondary N) is 1. The van der Waals surface area contributed by atoms with E-state index in [1.165, 1.54) is 12.1 Å². The van der Waals surface area contributed by atoms with Gasteiger partial charge < -0.3 is 14.8 Å². The zero-order valence-corrected chi connectivity index (χ0v) is 20.1. The normalized spacial score (nSPS) is 11.0. The number of nitrogens with zero attached hydrogens (tertiary/aromatic N) is 4. The molecular formula is C28H24FN5O3. The van der Waals surface area contributed by atoms with Crippen LogP contribution in [0.15, 0.2) is 85.2 Å². The zero-order valence-electron chi connectivity index (χ0n) is 20.1. The van der Waals surface area contributed by atoms with Gasteiger partial charge >= 0.3 is 0 Å². The quantitative estimate of drug-likeness (QED) is 0.290. The molecule has 9 heteroatoms. The number of amides is 1. The minimum Gasteiger partial charge on any atom is -0.474 e. The Morgan fingerprint density at radius 3 is 2.70 bits per heavy atom. The van der Waals surface area contributed by atoms with Crippen LogP contribution in [0.4, 0.5) is 10.1 Å². The highest BCUT2D eigenvalue weighted by molar-refractivity contribution is 6.13. The Balaban J connectivity index is 1.54. The molecule has 0 fully saturated rings. The maximum absolute atomic E-state index is 13.8. The van der Waals surface area contributed by atoms with E-state index < -0.39 is 0 Å². The molecule has 5 rings (SSSR count). The van der Waals surface area contributed by atoms with Crippen molar-refractivity contribution in [1.29, 1.82) is 0 Å². The molecule has 0 aliphatic rings. The van der Waals surface area contributed by atoms with Gasteiger partial charge in [-0.2, -0.15) is 5.10 Å². The topological polar surface area (TPSA) is 91.2 Å². The van der Waals surface area contributed by atoms with Crippen molar-refractivity contribution in [1.82, 2.24) is 19.7 Å². The Kier molecular flexibility index (Phi) is 7.14. The Morgan fingerprint density at radius 2 is 1.89 bits per heavy atom. The molecule has 0 unspecified atom stereocenters. The van der Waals surface area contributed by atoms with Gasteiger partial charge in [-0.25, -0.2) is 19.0 Å². The average Bonchev–Trinajstić information content (AvgIpc) is 3.32. The Morgan fingerprint density at radius 1 is 1.03 bits per heavy atom. The third-order valence-electron chi connectivity index (χ3n) is 5.69. The second-order valence-electron chi connectivity index (χ2n) is 8.24. The van der Waals surface area contributed by atoms with Crippen LogP contribution in [0.5, 0.6) is 5.88 Å². The van der Waals surface area contributed by atoms with E-state index in [1.54, 1.807) is 48.5 Å². The fourth-order valence-electron chi connectivity index (χ4n) is 3.93. The van der Waals surface area contributed by atoms with Crippen LogP contribution in [0.3, 0.4) is 0 Å². The first-order valence-corrected chi connectivity index (χ1v) is 11.7. The van der Waals surface area contributed by atoms with Crippen molar-refractivity contribution in [2.45, 2.75) is 6.54 Å². The van der Waals surface area contributed by atoms with E-state index in [9.17, 15) is 9.18 Å². The summed E-state index contributed by atoms with van der Waals surface area (Å²) in [5, 5.41) is 7.95. The molecule has 0 radical (unpaired) electrons. The molecule has 0 saturated carbocycles. The Hall–Kier alpha value is -4.63. The predicted molar refractivity (Wildman–Crippen MR) is 138 cm³/mol. The van der Waals surface area contributed by atoms with Gasteiger partial charge in [0.25, 0.3) is 5.91 Å². The number of hydrogen-bond acceptors (Lipinski definition) is 6. The summed E-state index contributed by atoms with van der Waals surface area (Å²) in [5.41, 5.74) is 3.53. The Labute approximate surface area is 212 Å². The number of methoxy groups -OCH3 is 1. The minimum absolute atomic E-state index is 0.293. The van der Waals surface area contributed by atoms with E-state index in [1.807, 2.05) is 36.4 Å². The summed E-state index contributed by atoms with van der Waals surface area (Å²) in [6.45, 7) is 0.981. The smallest absolute Gasteiger partial charge is 0.256 e. The first-order valence-electron chi connectivity index (χ1n) is 11.7. The van der Waals surface area contributed by atoms with Crippen molar-refractivity contribution in [2.75, 3.05) is 25.6 Å². The number of hydrogen-bond donors (Lipinski definition) is 1. The molecule has 2 aromatic carbocycles. The molecule has 3 heterocycles. The van der Waals surface area contributed by atoms with E-state index in [-0.39, 0.29) is 11.7 Å². The summed E-state index contributed by atoms with van der Waals surface area (Å²) in [4.78, 5) is 22.6. The van der Waals surface area contributed by atoms with E-state index in [0.717, 1.165) is 11.1 Å². The third kappa shape index (κ3) is 5.46. The number of pyridine rings is 2. The molecule has 3 aromatic heterocycles. The van der Waals surface area contributed by atoms with Gasteiger partial charge in [0.2, 0.25) is 5.88 Å². The summed E-state index contributed by atoms with van der Waals surface area (Å²) >= 11 is 0. The second kappa shape index (κ2) is 11.0. The number of ether oxygens (including phenoxy) is 2. The second-order valence-corrected chi connectivity index (χ2v) is 8.24. The molecule has 8 nitrogen and oxygen atoms in total. The highest BCUT2D eigenvalue weighted by atomic mass is 19.1. The van der Waals surface area contributed by atoms with E-state index in [0.29, 0.717) is 53.6 Å². The van der Waals surface area contributed by atoms with Gasteiger partial charge in [0, 0.05) is 18.9 Å². The van der Waals surface area contributed by atoms with Crippen LogP contribution in [0, 0.1) is 5.82 Å². The summed E-state index contributed by atoms with van der Waals surface area (Å²) < 4.78 is 26.1. The molecule has 186 valence electrons. The third-order valence-corrected chi connectivity index (χ3v) is 5.69. The molecule has 5 aromatic rings. The highest BCUT2D eigenvalue weighted by Gasteiger charge is 2.19. The fraction of sp³-hybridized carbons (Fsp3) is 0.143. The van der Waals surface area contributed by atoms with Crippen molar-refractivity contribution in [2.24, 2.45) is 0 Å². The first-order chi connectivity index (χ1) is 18.1. The number of rotatable bonds is 9. The summed E-state index contributed by atoms with van der Waals surface area (Å²) in [5.74, 6) is -0.394. The number of anilines is 1. The summed E-state index contributed by atoms with van der Waals surface area (Å²) in [7, 11) is 1.58. The van der Waals surface area contributed by atoms with Crippen LogP contribution in [-0.4, -0.2) is 46.0 Å². The maximum Gasteiger partial charge on any atom is 0.256 e. The van der Waals surface area contributed by atoms with Gasteiger partial charge in [0.15, 0.2) is 5.65 Å². The monoisotopic (exact) mass is 497 g/mol. The van der Waals surface area contributed by atoms with Crippen molar-refractivity contribution in [3.05, 3.63) is 102 Å². The lowest BCUT2D eigenvalue weighted by Crippen LogP contribution is -2.15. The molecule has 0 spiro atoms. The molecule has 37 heavy (non-hydrogen) atoms. The number of halogens is 1. The van der Waals surface area contributed by atoms with Crippen molar-refractivity contribution in [3.63, 3.8) is 0 Å². The van der Waals surface area contributed by atoms with Crippen molar-refractivity contribution < 1.29 is 18.7 Å². The summed E-state index contributed by atoms with van der Waals surface area (Å²) in [6, 6.07) is 21.1. The number of carbonyl (C=O) groups is 1. The molecule has 0 saturated heterocycles. The highest BCUT2D eigenvalue weighted by Crippen LogP contribution is 2.28. The van der Waals surface area contributed by atoms with Gasteiger partial charge in [-0.05, 0) is 35.9 Å². The van der Waals surface area contributed by atoms with Gasteiger partial charge in [-0.1, -0.05) is 42.5 Å². The fourth-order valence-corrected chi connectivity index (χ4v) is 3.93. The molecule has 1 N–H and O–H groups in total. The van der Waals surface area contributed by atoms with Crippen LogP contribution < -0.4 is 10.1 Å². The van der Waals surface area contributed by atoms with E-state index in [4.69, 9.17) is 14.5 Å². The van der Waals surface area contributed by atoms with Crippen LogP contribution >= 0.6 is 0 Å². The lowest BCUT2D eigenvalue weighted by molar-refractivity contribution is 0.102. The lowest BCUT2D eigenvalue weighted by Gasteiger charge is -2.12. The van der Waals surface area contributed by atoms with E-state index in [2.05, 4.69) is 15.4 Å². The van der Waals surface area contributed by atoms with Crippen molar-refractivity contribution in [3.8, 4) is 17.1 Å². The summed E-state index contributed by atoms with van der Waals surface area (Å²) in [6.07, 6.45) is 3.19. The maximum atomic E-state index is 13.8. The minimum atomic E-state index is -0.362. The van der Waals surface area contributed by atoms with Gasteiger partial charge in [0.1, 0.15) is 18.1 Å². The van der Waals surface area contributed by atoms with Crippen molar-refractivity contribution >= 4 is 22.6 Å². The number of aromatic nitrogens is 4. The first kappa shape index (κ1) is 24.1. The molecule has 0 aliphatic carbocycles.